The lowest BCUT2D eigenvalue weighted by Crippen LogP contribution is -2.42. The maximum atomic E-state index is 14.0. The van der Waals surface area contributed by atoms with Crippen molar-refractivity contribution >= 4 is 17.7 Å². The number of ether oxygens (including phenoxy) is 2. The van der Waals surface area contributed by atoms with Crippen molar-refractivity contribution in [3.63, 3.8) is 0 Å². The Morgan fingerprint density at radius 2 is 1.94 bits per heavy atom. The van der Waals surface area contributed by atoms with Crippen LogP contribution < -0.4 is 15.0 Å². The molecule has 0 aliphatic carbocycles. The van der Waals surface area contributed by atoms with Crippen LogP contribution in [0.4, 0.5) is 34.0 Å². The molecule has 0 bridgehead atoms. The molecule has 4 rings (SSSR count). The standard InChI is InChI=1S/C24H29F4N5O3/c1-3-35-24(34)33-11-8-18-21(14(33)2)31-23(22(30-18)29-13-20(27)28)32-9-6-16(7-10-32)36-19-5-4-15(25)12-17(19)26/h4-5,12,14,16,20H,3,6-11,13H2,1-2H3,(H,29,30). The van der Waals surface area contributed by atoms with Gasteiger partial charge in [-0.3, -0.25) is 4.90 Å². The number of hydrogen-bond acceptors (Lipinski definition) is 7. The lowest BCUT2D eigenvalue weighted by Gasteiger charge is -2.36. The number of carbonyl (C=O) groups excluding carboxylic acids is 1. The van der Waals surface area contributed by atoms with E-state index in [1.807, 2.05) is 11.8 Å². The van der Waals surface area contributed by atoms with Crippen LogP contribution in [0.3, 0.4) is 0 Å². The first kappa shape index (κ1) is 25.8. The molecule has 2 aromatic rings. The summed E-state index contributed by atoms with van der Waals surface area (Å²) in [4.78, 5) is 25.3. The minimum Gasteiger partial charge on any atom is -0.487 e. The lowest BCUT2D eigenvalue weighted by atomic mass is 10.0. The molecular weight excluding hydrogens is 482 g/mol. The number of piperidine rings is 1. The summed E-state index contributed by atoms with van der Waals surface area (Å²) in [5, 5.41) is 2.71. The summed E-state index contributed by atoms with van der Waals surface area (Å²) < 4.78 is 64.0. The van der Waals surface area contributed by atoms with Crippen LogP contribution in [0.15, 0.2) is 18.2 Å². The Labute approximate surface area is 206 Å². The molecule has 1 saturated heterocycles. The van der Waals surface area contributed by atoms with Gasteiger partial charge in [-0.25, -0.2) is 32.3 Å². The molecule has 8 nitrogen and oxygen atoms in total. The van der Waals surface area contributed by atoms with Gasteiger partial charge in [-0.1, -0.05) is 0 Å². The van der Waals surface area contributed by atoms with Gasteiger partial charge < -0.3 is 19.7 Å². The highest BCUT2D eigenvalue weighted by molar-refractivity contribution is 5.69. The van der Waals surface area contributed by atoms with Gasteiger partial charge in [0.25, 0.3) is 6.43 Å². The zero-order chi connectivity index (χ0) is 25.8. The highest BCUT2D eigenvalue weighted by atomic mass is 19.3. The van der Waals surface area contributed by atoms with Gasteiger partial charge in [-0.15, -0.1) is 0 Å². The average Bonchev–Trinajstić information content (AvgIpc) is 2.85. The molecule has 196 valence electrons. The zero-order valence-electron chi connectivity index (χ0n) is 20.1. The molecule has 1 unspecified atom stereocenters. The maximum absolute atomic E-state index is 14.0. The summed E-state index contributed by atoms with van der Waals surface area (Å²) in [5.41, 5.74) is 1.24. The van der Waals surface area contributed by atoms with E-state index in [-0.39, 0.29) is 24.3 Å². The summed E-state index contributed by atoms with van der Waals surface area (Å²) >= 11 is 0. The van der Waals surface area contributed by atoms with Crippen LogP contribution in [0, 0.1) is 11.6 Å². The molecule has 1 atom stereocenters. The van der Waals surface area contributed by atoms with Crippen molar-refractivity contribution < 1.29 is 31.8 Å². The first-order valence-corrected chi connectivity index (χ1v) is 12.0. The van der Waals surface area contributed by atoms with Crippen molar-refractivity contribution in [2.45, 2.75) is 51.7 Å². The van der Waals surface area contributed by atoms with Crippen molar-refractivity contribution in [2.75, 3.05) is 43.0 Å². The van der Waals surface area contributed by atoms with E-state index in [1.54, 1.807) is 11.8 Å². The van der Waals surface area contributed by atoms with Crippen molar-refractivity contribution in [3.8, 4) is 5.75 Å². The number of benzene rings is 1. The minimum absolute atomic E-state index is 0.0180. The van der Waals surface area contributed by atoms with Crippen LogP contribution in [-0.2, 0) is 11.2 Å². The van der Waals surface area contributed by atoms with E-state index in [2.05, 4.69) is 10.3 Å². The molecule has 1 aromatic carbocycles. The van der Waals surface area contributed by atoms with Gasteiger partial charge in [-0.05, 0) is 26.0 Å². The summed E-state index contributed by atoms with van der Waals surface area (Å²) in [6.45, 7) is 4.54. The number of amides is 1. The van der Waals surface area contributed by atoms with E-state index >= 15 is 0 Å². The Bertz CT molecular complexity index is 1080. The van der Waals surface area contributed by atoms with Gasteiger partial charge in [0.1, 0.15) is 11.9 Å². The van der Waals surface area contributed by atoms with Crippen molar-refractivity contribution in [1.82, 2.24) is 14.9 Å². The number of nitrogens with zero attached hydrogens (tertiary/aromatic N) is 4. The predicted octanol–water partition coefficient (Wildman–Crippen LogP) is 4.56. The molecule has 3 heterocycles. The van der Waals surface area contributed by atoms with Crippen LogP contribution in [-0.4, -0.2) is 66.3 Å². The van der Waals surface area contributed by atoms with Crippen LogP contribution in [0.5, 0.6) is 5.75 Å². The monoisotopic (exact) mass is 511 g/mol. The molecule has 12 heteroatoms. The van der Waals surface area contributed by atoms with E-state index in [0.29, 0.717) is 56.1 Å². The average molecular weight is 512 g/mol. The van der Waals surface area contributed by atoms with E-state index in [9.17, 15) is 22.4 Å². The smallest absolute Gasteiger partial charge is 0.410 e. The first-order chi connectivity index (χ1) is 17.3. The highest BCUT2D eigenvalue weighted by Crippen LogP contribution is 2.34. The molecule has 1 aromatic heterocycles. The third-order valence-electron chi connectivity index (χ3n) is 6.29. The van der Waals surface area contributed by atoms with E-state index < -0.39 is 36.7 Å². The van der Waals surface area contributed by atoms with Gasteiger partial charge in [0.15, 0.2) is 23.2 Å². The topological polar surface area (TPSA) is 79.8 Å². The van der Waals surface area contributed by atoms with Crippen LogP contribution in [0.2, 0.25) is 0 Å². The van der Waals surface area contributed by atoms with Gasteiger partial charge in [-0.2, -0.15) is 0 Å². The molecule has 0 radical (unpaired) electrons. The van der Waals surface area contributed by atoms with E-state index in [4.69, 9.17) is 14.5 Å². The van der Waals surface area contributed by atoms with Crippen molar-refractivity contribution in [1.29, 1.82) is 0 Å². The highest BCUT2D eigenvalue weighted by Gasteiger charge is 2.33. The Balaban J connectivity index is 1.53. The maximum Gasteiger partial charge on any atom is 0.410 e. The Morgan fingerprint density at radius 3 is 2.61 bits per heavy atom. The number of carbonyl (C=O) groups is 1. The molecule has 0 saturated carbocycles. The van der Waals surface area contributed by atoms with E-state index in [0.717, 1.165) is 12.1 Å². The summed E-state index contributed by atoms with van der Waals surface area (Å²) in [5.74, 6) is -0.791. The lowest BCUT2D eigenvalue weighted by molar-refractivity contribution is 0.0887. The predicted molar refractivity (Wildman–Crippen MR) is 125 cm³/mol. The SMILES string of the molecule is CCOC(=O)N1CCc2nc(NCC(F)F)c(N3CCC(Oc4ccc(F)cc4F)CC3)nc2C1C. The zero-order valence-corrected chi connectivity index (χ0v) is 20.1. The second-order valence-electron chi connectivity index (χ2n) is 8.70. The molecule has 1 amide bonds. The summed E-state index contributed by atoms with van der Waals surface area (Å²) in [6, 6.07) is 2.77. The van der Waals surface area contributed by atoms with Gasteiger partial charge >= 0.3 is 6.09 Å². The number of alkyl halides is 2. The van der Waals surface area contributed by atoms with Crippen LogP contribution in [0.25, 0.3) is 0 Å². The number of anilines is 2. The van der Waals surface area contributed by atoms with Crippen molar-refractivity contribution in [3.05, 3.63) is 41.2 Å². The van der Waals surface area contributed by atoms with Gasteiger partial charge in [0.05, 0.1) is 30.6 Å². The quantitative estimate of drug-likeness (QED) is 0.546. The fraction of sp³-hybridized carbons (Fsp3) is 0.542. The fourth-order valence-electron chi connectivity index (χ4n) is 4.46. The number of rotatable bonds is 7. The largest absolute Gasteiger partial charge is 0.487 e. The summed E-state index contributed by atoms with van der Waals surface area (Å²) in [7, 11) is 0. The van der Waals surface area contributed by atoms with Crippen molar-refractivity contribution in [2.24, 2.45) is 0 Å². The Kier molecular flexibility index (Phi) is 8.00. The van der Waals surface area contributed by atoms with Gasteiger partial charge in [0, 0.05) is 45.0 Å². The van der Waals surface area contributed by atoms with Gasteiger partial charge in [0.2, 0.25) is 0 Å². The molecule has 0 spiro atoms. The number of halogens is 4. The third-order valence-corrected chi connectivity index (χ3v) is 6.29. The van der Waals surface area contributed by atoms with E-state index in [1.165, 1.54) is 6.07 Å². The normalized spacial score (nSPS) is 18.2. The second kappa shape index (κ2) is 11.2. The third kappa shape index (κ3) is 5.73. The number of aromatic nitrogens is 2. The molecular formula is C24H29F4N5O3. The second-order valence-corrected chi connectivity index (χ2v) is 8.70. The Hall–Kier alpha value is -3.31. The Morgan fingerprint density at radius 1 is 1.19 bits per heavy atom. The fourth-order valence-corrected chi connectivity index (χ4v) is 4.46. The van der Waals surface area contributed by atoms with Crippen LogP contribution in [0.1, 0.15) is 44.1 Å². The molecule has 2 aliphatic heterocycles. The molecule has 2 aliphatic rings. The number of fused-ring (bicyclic) bond motifs is 1. The molecule has 1 fully saturated rings. The minimum atomic E-state index is -2.57. The summed E-state index contributed by atoms with van der Waals surface area (Å²) in [6.07, 6.45) is -1.87. The number of nitrogens with one attached hydrogen (secondary N) is 1. The first-order valence-electron chi connectivity index (χ1n) is 12.0. The molecule has 36 heavy (non-hydrogen) atoms. The van der Waals surface area contributed by atoms with Crippen LogP contribution >= 0.6 is 0 Å². The number of hydrogen-bond donors (Lipinski definition) is 1. The molecule has 1 N–H and O–H groups in total.